The van der Waals surface area contributed by atoms with Crippen LogP contribution in [0.4, 0.5) is 0 Å². The number of sulfonamides is 1. The fourth-order valence-corrected chi connectivity index (χ4v) is 3.06. The largest absolute Gasteiger partial charge is 0.459 e. The van der Waals surface area contributed by atoms with Crippen molar-refractivity contribution in [2.24, 2.45) is 5.14 Å². The van der Waals surface area contributed by atoms with Gasteiger partial charge in [-0.15, -0.1) is 0 Å². The minimum Gasteiger partial charge on any atom is -0.459 e. The van der Waals surface area contributed by atoms with Gasteiger partial charge in [0.15, 0.2) is 0 Å². The molecule has 0 fully saturated rings. The van der Waals surface area contributed by atoms with Crippen molar-refractivity contribution in [3.8, 4) is 0 Å². The average molecular weight is 310 g/mol. The van der Waals surface area contributed by atoms with Gasteiger partial charge in [-0.2, -0.15) is 0 Å². The number of hydrogen-bond donors (Lipinski definition) is 2. The third kappa shape index (κ3) is 4.06. The number of hydrogen-bond acceptors (Lipinski definition) is 4. The molecule has 0 aliphatic rings. The molecule has 0 saturated heterocycles. The SMILES string of the molecule is CCc1c(C(C)NCCCS(N)(=O)=O)oc2ccccc12. The van der Waals surface area contributed by atoms with Gasteiger partial charge >= 0.3 is 0 Å². The highest BCUT2D eigenvalue weighted by Crippen LogP contribution is 2.30. The third-order valence-corrected chi connectivity index (χ3v) is 4.39. The minimum atomic E-state index is -3.38. The molecule has 1 aromatic carbocycles. The third-order valence-electron chi connectivity index (χ3n) is 3.53. The second kappa shape index (κ2) is 6.60. The quantitative estimate of drug-likeness (QED) is 0.769. The van der Waals surface area contributed by atoms with Crippen molar-refractivity contribution in [1.82, 2.24) is 5.32 Å². The molecule has 3 N–H and O–H groups in total. The van der Waals surface area contributed by atoms with Gasteiger partial charge in [0.05, 0.1) is 11.8 Å². The van der Waals surface area contributed by atoms with Gasteiger partial charge in [-0.1, -0.05) is 25.1 Å². The van der Waals surface area contributed by atoms with Gasteiger partial charge < -0.3 is 9.73 Å². The van der Waals surface area contributed by atoms with Crippen LogP contribution < -0.4 is 10.5 Å². The maximum Gasteiger partial charge on any atom is 0.209 e. The number of rotatable bonds is 7. The summed E-state index contributed by atoms with van der Waals surface area (Å²) >= 11 is 0. The highest BCUT2D eigenvalue weighted by atomic mass is 32.2. The van der Waals surface area contributed by atoms with Crippen molar-refractivity contribution in [3.63, 3.8) is 0 Å². The molecular weight excluding hydrogens is 288 g/mol. The van der Waals surface area contributed by atoms with Gasteiger partial charge in [0.2, 0.25) is 10.0 Å². The fourth-order valence-electron chi connectivity index (χ4n) is 2.52. The van der Waals surface area contributed by atoms with Crippen molar-refractivity contribution in [3.05, 3.63) is 35.6 Å². The second-order valence-corrected chi connectivity index (χ2v) is 6.92. The summed E-state index contributed by atoms with van der Waals surface area (Å²) in [6.07, 6.45) is 1.39. The first kappa shape index (κ1) is 16.0. The van der Waals surface area contributed by atoms with Crippen LogP contribution in [-0.4, -0.2) is 20.7 Å². The van der Waals surface area contributed by atoms with Crippen molar-refractivity contribution in [2.45, 2.75) is 32.7 Å². The Morgan fingerprint density at radius 1 is 1.33 bits per heavy atom. The Morgan fingerprint density at radius 2 is 2.05 bits per heavy atom. The standard InChI is InChI=1S/C15H22N2O3S/c1-3-12-13-7-4-5-8-14(13)20-15(12)11(2)17-9-6-10-21(16,18)19/h4-5,7-8,11,17H,3,6,9-10H2,1-2H3,(H2,16,18,19). The molecule has 0 bridgehead atoms. The van der Waals surface area contributed by atoms with Crippen LogP contribution in [0.3, 0.4) is 0 Å². The molecule has 5 nitrogen and oxygen atoms in total. The Hall–Kier alpha value is -1.37. The molecule has 2 rings (SSSR count). The van der Waals surface area contributed by atoms with E-state index in [1.807, 2.05) is 25.1 Å². The van der Waals surface area contributed by atoms with E-state index in [2.05, 4.69) is 18.3 Å². The van der Waals surface area contributed by atoms with Crippen molar-refractivity contribution in [1.29, 1.82) is 0 Å². The summed E-state index contributed by atoms with van der Waals surface area (Å²) in [6, 6.07) is 8.03. The molecule has 0 aliphatic heterocycles. The van der Waals surface area contributed by atoms with E-state index in [9.17, 15) is 8.42 Å². The maximum atomic E-state index is 10.9. The summed E-state index contributed by atoms with van der Waals surface area (Å²) in [7, 11) is -3.38. The van der Waals surface area contributed by atoms with E-state index < -0.39 is 10.0 Å². The van der Waals surface area contributed by atoms with E-state index >= 15 is 0 Å². The summed E-state index contributed by atoms with van der Waals surface area (Å²) in [5.41, 5.74) is 2.10. The average Bonchev–Trinajstić information content (AvgIpc) is 2.81. The van der Waals surface area contributed by atoms with E-state index in [1.165, 1.54) is 5.56 Å². The van der Waals surface area contributed by atoms with E-state index in [-0.39, 0.29) is 11.8 Å². The van der Waals surface area contributed by atoms with Crippen molar-refractivity contribution >= 4 is 21.0 Å². The lowest BCUT2D eigenvalue weighted by molar-refractivity contribution is 0.447. The number of nitrogens with two attached hydrogens (primary N) is 1. The van der Waals surface area contributed by atoms with Crippen molar-refractivity contribution in [2.75, 3.05) is 12.3 Å². The molecule has 1 atom stereocenters. The Bertz CT molecular complexity index is 707. The van der Waals surface area contributed by atoms with E-state index in [4.69, 9.17) is 9.56 Å². The summed E-state index contributed by atoms with van der Waals surface area (Å²) in [4.78, 5) is 0. The molecule has 0 radical (unpaired) electrons. The number of furan rings is 1. The van der Waals surface area contributed by atoms with Crippen LogP contribution in [0.1, 0.15) is 37.6 Å². The highest BCUT2D eigenvalue weighted by Gasteiger charge is 2.17. The minimum absolute atomic E-state index is 0.00646. The number of nitrogens with one attached hydrogen (secondary N) is 1. The van der Waals surface area contributed by atoms with E-state index in [0.29, 0.717) is 13.0 Å². The lowest BCUT2D eigenvalue weighted by Crippen LogP contribution is -2.24. The summed E-state index contributed by atoms with van der Waals surface area (Å²) in [5.74, 6) is 0.919. The van der Waals surface area contributed by atoms with Gasteiger partial charge in [-0.05, 0) is 32.4 Å². The fraction of sp³-hybridized carbons (Fsp3) is 0.467. The summed E-state index contributed by atoms with van der Waals surface area (Å²) in [6.45, 7) is 4.71. The van der Waals surface area contributed by atoms with Crippen LogP contribution in [0.5, 0.6) is 0 Å². The number of para-hydroxylation sites is 1. The predicted molar refractivity (Wildman–Crippen MR) is 84.6 cm³/mol. The Morgan fingerprint density at radius 3 is 2.71 bits per heavy atom. The molecule has 116 valence electrons. The Balaban J connectivity index is 2.07. The lowest BCUT2D eigenvalue weighted by atomic mass is 10.1. The Kier molecular flexibility index (Phi) is 5.03. The summed E-state index contributed by atoms with van der Waals surface area (Å²) < 4.78 is 27.7. The van der Waals surface area contributed by atoms with Crippen LogP contribution in [0.2, 0.25) is 0 Å². The smallest absolute Gasteiger partial charge is 0.209 e. The molecule has 21 heavy (non-hydrogen) atoms. The molecule has 1 aromatic heterocycles. The number of benzene rings is 1. The monoisotopic (exact) mass is 310 g/mol. The lowest BCUT2D eigenvalue weighted by Gasteiger charge is -2.12. The molecule has 0 amide bonds. The molecule has 0 spiro atoms. The predicted octanol–water partition coefficient (Wildman–Crippen LogP) is 2.32. The van der Waals surface area contributed by atoms with Crippen LogP contribution >= 0.6 is 0 Å². The van der Waals surface area contributed by atoms with Gasteiger partial charge in [0.25, 0.3) is 0 Å². The Labute approximate surface area is 125 Å². The normalized spacial score (nSPS) is 13.7. The first-order chi connectivity index (χ1) is 9.92. The molecule has 2 aromatic rings. The van der Waals surface area contributed by atoms with Crippen LogP contribution in [-0.2, 0) is 16.4 Å². The number of primary sulfonamides is 1. The molecule has 6 heteroatoms. The topological polar surface area (TPSA) is 85.3 Å². The van der Waals surface area contributed by atoms with Gasteiger partial charge in [-0.3, -0.25) is 0 Å². The molecular formula is C15H22N2O3S. The highest BCUT2D eigenvalue weighted by molar-refractivity contribution is 7.89. The summed E-state index contributed by atoms with van der Waals surface area (Å²) in [5, 5.41) is 9.43. The van der Waals surface area contributed by atoms with Crippen molar-refractivity contribution < 1.29 is 12.8 Å². The molecule has 1 heterocycles. The second-order valence-electron chi connectivity index (χ2n) is 5.19. The maximum absolute atomic E-state index is 10.9. The first-order valence-electron chi connectivity index (χ1n) is 7.16. The van der Waals surface area contributed by atoms with Gasteiger partial charge in [0.1, 0.15) is 11.3 Å². The van der Waals surface area contributed by atoms with E-state index in [1.54, 1.807) is 0 Å². The van der Waals surface area contributed by atoms with E-state index in [0.717, 1.165) is 23.2 Å². The molecule has 0 saturated carbocycles. The molecule has 0 aliphatic carbocycles. The van der Waals surface area contributed by atoms with Crippen LogP contribution in [0, 0.1) is 0 Å². The number of aryl methyl sites for hydroxylation is 1. The van der Waals surface area contributed by atoms with Gasteiger partial charge in [0, 0.05) is 10.9 Å². The van der Waals surface area contributed by atoms with Crippen LogP contribution in [0.15, 0.2) is 28.7 Å². The zero-order valence-electron chi connectivity index (χ0n) is 12.4. The molecule has 1 unspecified atom stereocenters. The van der Waals surface area contributed by atoms with Crippen LogP contribution in [0.25, 0.3) is 11.0 Å². The zero-order valence-corrected chi connectivity index (χ0v) is 13.2. The van der Waals surface area contributed by atoms with Gasteiger partial charge in [-0.25, -0.2) is 13.6 Å². The first-order valence-corrected chi connectivity index (χ1v) is 8.88. The number of fused-ring (bicyclic) bond motifs is 1. The zero-order chi connectivity index (χ0) is 15.5.